The van der Waals surface area contributed by atoms with Gasteiger partial charge in [-0.15, -0.1) is 0 Å². The summed E-state index contributed by atoms with van der Waals surface area (Å²) in [6.07, 6.45) is 3.81. The number of aliphatic hydroxyl groups is 1. The molecular formula is C26H35N3O2. The number of rotatable bonds is 7. The Balaban J connectivity index is 1.26. The molecule has 5 heteroatoms. The molecule has 2 heterocycles. The Kier molecular flexibility index (Phi) is 7.38. The number of amides is 1. The molecule has 0 bridgehead atoms. The van der Waals surface area contributed by atoms with Crippen molar-refractivity contribution in [3.05, 3.63) is 66.2 Å². The number of benzene rings is 2. The van der Waals surface area contributed by atoms with E-state index in [1.807, 2.05) is 65.6 Å². The molecule has 0 aliphatic carbocycles. The Bertz CT molecular complexity index is 821. The number of para-hydroxylation sites is 1. The van der Waals surface area contributed by atoms with Gasteiger partial charge in [0.2, 0.25) is 5.91 Å². The molecule has 2 aliphatic rings. The van der Waals surface area contributed by atoms with E-state index in [0.717, 1.165) is 63.1 Å². The minimum absolute atomic E-state index is 0.0214. The smallest absolute Gasteiger partial charge is 0.244 e. The molecule has 31 heavy (non-hydrogen) atoms. The van der Waals surface area contributed by atoms with Gasteiger partial charge >= 0.3 is 0 Å². The fraction of sp³-hybridized carbons (Fsp3) is 0.500. The van der Waals surface area contributed by atoms with Gasteiger partial charge in [-0.25, -0.2) is 0 Å². The Hall–Kier alpha value is -2.21. The summed E-state index contributed by atoms with van der Waals surface area (Å²) >= 11 is 0. The van der Waals surface area contributed by atoms with Crippen LogP contribution in [0.1, 0.15) is 37.4 Å². The van der Waals surface area contributed by atoms with Crippen LogP contribution in [0.2, 0.25) is 0 Å². The van der Waals surface area contributed by atoms with Crippen LogP contribution in [0.3, 0.4) is 0 Å². The van der Waals surface area contributed by atoms with Gasteiger partial charge in [0.15, 0.2) is 0 Å². The lowest BCUT2D eigenvalue weighted by Crippen LogP contribution is -2.53. The molecule has 2 aromatic rings. The van der Waals surface area contributed by atoms with E-state index in [9.17, 15) is 9.90 Å². The van der Waals surface area contributed by atoms with Crippen LogP contribution in [0.15, 0.2) is 60.7 Å². The maximum Gasteiger partial charge on any atom is 0.244 e. The van der Waals surface area contributed by atoms with E-state index in [1.54, 1.807) is 0 Å². The van der Waals surface area contributed by atoms with Crippen LogP contribution < -0.4 is 4.90 Å². The predicted octanol–water partition coefficient (Wildman–Crippen LogP) is 3.56. The fourth-order valence-electron chi connectivity index (χ4n) is 5.04. The molecule has 1 amide bonds. The monoisotopic (exact) mass is 421 g/mol. The van der Waals surface area contributed by atoms with Gasteiger partial charge < -0.3 is 14.9 Å². The van der Waals surface area contributed by atoms with Crippen LogP contribution in [0, 0.1) is 5.92 Å². The van der Waals surface area contributed by atoms with E-state index in [2.05, 4.69) is 16.8 Å². The molecule has 0 aromatic heterocycles. The Morgan fingerprint density at radius 3 is 2.29 bits per heavy atom. The predicted molar refractivity (Wildman–Crippen MR) is 125 cm³/mol. The lowest BCUT2D eigenvalue weighted by atomic mass is 9.94. The molecule has 0 spiro atoms. The van der Waals surface area contributed by atoms with E-state index in [4.69, 9.17) is 0 Å². The number of likely N-dealkylation sites (N-methyl/N-ethyl adjacent to an activating group) is 1. The number of aliphatic hydroxyl groups excluding tert-OH is 1. The Labute approximate surface area is 186 Å². The fourth-order valence-corrected chi connectivity index (χ4v) is 5.04. The molecule has 2 fully saturated rings. The number of nitrogens with zero attached hydrogens (tertiary/aromatic N) is 3. The van der Waals surface area contributed by atoms with Crippen LogP contribution in [0.4, 0.5) is 5.69 Å². The van der Waals surface area contributed by atoms with E-state index < -0.39 is 6.10 Å². The minimum Gasteiger partial charge on any atom is -0.387 e. The SMILES string of the molecule is CN(CC1CCN(CC(O)c2ccccc2)CC1)C1CCCN(c2ccccc2)C1=O. The number of hydrogen-bond donors (Lipinski definition) is 1. The van der Waals surface area contributed by atoms with Crippen molar-refractivity contribution in [1.82, 2.24) is 9.80 Å². The number of carbonyl (C=O) groups excluding carboxylic acids is 1. The van der Waals surface area contributed by atoms with Gasteiger partial charge in [-0.3, -0.25) is 9.69 Å². The summed E-state index contributed by atoms with van der Waals surface area (Å²) in [5, 5.41) is 10.5. The van der Waals surface area contributed by atoms with E-state index >= 15 is 0 Å². The molecule has 2 atom stereocenters. The van der Waals surface area contributed by atoms with Crippen molar-refractivity contribution in [2.24, 2.45) is 5.92 Å². The first-order valence-electron chi connectivity index (χ1n) is 11.6. The van der Waals surface area contributed by atoms with Gasteiger partial charge in [0.05, 0.1) is 12.1 Å². The summed E-state index contributed by atoms with van der Waals surface area (Å²) < 4.78 is 0. The van der Waals surface area contributed by atoms with Crippen molar-refractivity contribution >= 4 is 11.6 Å². The summed E-state index contributed by atoms with van der Waals surface area (Å²) in [6, 6.07) is 19.9. The lowest BCUT2D eigenvalue weighted by Gasteiger charge is -2.40. The molecule has 5 nitrogen and oxygen atoms in total. The zero-order valence-corrected chi connectivity index (χ0v) is 18.6. The van der Waals surface area contributed by atoms with Gasteiger partial charge in [-0.2, -0.15) is 0 Å². The van der Waals surface area contributed by atoms with Gasteiger partial charge in [-0.05, 0) is 69.4 Å². The number of anilines is 1. The van der Waals surface area contributed by atoms with Gasteiger partial charge in [-0.1, -0.05) is 48.5 Å². The van der Waals surface area contributed by atoms with Gasteiger partial charge in [0.25, 0.3) is 0 Å². The summed E-state index contributed by atoms with van der Waals surface area (Å²) in [5.74, 6) is 0.846. The van der Waals surface area contributed by atoms with Gasteiger partial charge in [0, 0.05) is 25.3 Å². The minimum atomic E-state index is -0.427. The van der Waals surface area contributed by atoms with Crippen molar-refractivity contribution < 1.29 is 9.90 Å². The van der Waals surface area contributed by atoms with Gasteiger partial charge in [0.1, 0.15) is 0 Å². The molecule has 0 saturated carbocycles. The van der Waals surface area contributed by atoms with Crippen LogP contribution in [0.5, 0.6) is 0 Å². The van der Waals surface area contributed by atoms with E-state index in [0.29, 0.717) is 12.5 Å². The number of β-amino-alcohol motifs (C(OH)–C–C–N with tert-alkyl or cyclic N) is 1. The second-order valence-electron chi connectivity index (χ2n) is 9.09. The van der Waals surface area contributed by atoms with Crippen LogP contribution in [-0.4, -0.2) is 66.6 Å². The third-order valence-corrected chi connectivity index (χ3v) is 6.88. The average Bonchev–Trinajstić information content (AvgIpc) is 2.81. The molecule has 2 aromatic carbocycles. The molecule has 0 radical (unpaired) electrons. The summed E-state index contributed by atoms with van der Waals surface area (Å²) in [6.45, 7) is 4.50. The number of hydrogen-bond acceptors (Lipinski definition) is 4. The number of piperidine rings is 2. The molecule has 2 aliphatic heterocycles. The molecule has 2 unspecified atom stereocenters. The number of carbonyl (C=O) groups is 1. The maximum atomic E-state index is 13.2. The van der Waals surface area contributed by atoms with Crippen molar-refractivity contribution in [1.29, 1.82) is 0 Å². The zero-order chi connectivity index (χ0) is 21.6. The highest BCUT2D eigenvalue weighted by Crippen LogP contribution is 2.26. The standard InChI is InChI=1S/C26H35N3O2/c1-27(24-13-8-16-29(26(24)31)23-11-6-3-7-12-23)19-21-14-17-28(18-15-21)20-25(30)22-9-4-2-5-10-22/h2-7,9-12,21,24-25,30H,8,13-20H2,1H3. The first-order chi connectivity index (χ1) is 15.1. The van der Waals surface area contributed by atoms with Crippen LogP contribution >= 0.6 is 0 Å². The third kappa shape index (κ3) is 5.53. The van der Waals surface area contributed by atoms with E-state index in [-0.39, 0.29) is 11.9 Å². The maximum absolute atomic E-state index is 13.2. The van der Waals surface area contributed by atoms with Crippen LogP contribution in [0.25, 0.3) is 0 Å². The average molecular weight is 422 g/mol. The Morgan fingerprint density at radius 2 is 1.61 bits per heavy atom. The van der Waals surface area contributed by atoms with Crippen molar-refractivity contribution in [2.45, 2.75) is 37.8 Å². The third-order valence-electron chi connectivity index (χ3n) is 6.88. The second kappa shape index (κ2) is 10.4. The topological polar surface area (TPSA) is 47.0 Å². The van der Waals surface area contributed by atoms with Crippen molar-refractivity contribution in [2.75, 3.05) is 44.7 Å². The first kappa shape index (κ1) is 22.0. The quantitative estimate of drug-likeness (QED) is 0.743. The second-order valence-corrected chi connectivity index (χ2v) is 9.09. The molecule has 2 saturated heterocycles. The lowest BCUT2D eigenvalue weighted by molar-refractivity contribution is -0.125. The first-order valence-corrected chi connectivity index (χ1v) is 11.6. The largest absolute Gasteiger partial charge is 0.387 e. The highest BCUT2D eigenvalue weighted by Gasteiger charge is 2.33. The van der Waals surface area contributed by atoms with Crippen molar-refractivity contribution in [3.8, 4) is 0 Å². The normalized spacial score (nSPS) is 22.1. The van der Waals surface area contributed by atoms with Crippen molar-refractivity contribution in [3.63, 3.8) is 0 Å². The summed E-state index contributed by atoms with van der Waals surface area (Å²) in [4.78, 5) is 19.8. The molecular weight excluding hydrogens is 386 g/mol. The highest BCUT2D eigenvalue weighted by molar-refractivity contribution is 5.97. The Morgan fingerprint density at radius 1 is 0.968 bits per heavy atom. The van der Waals surface area contributed by atoms with Crippen LogP contribution in [-0.2, 0) is 4.79 Å². The summed E-state index contributed by atoms with van der Waals surface area (Å²) in [5.41, 5.74) is 2.00. The zero-order valence-electron chi connectivity index (χ0n) is 18.6. The summed E-state index contributed by atoms with van der Waals surface area (Å²) in [7, 11) is 2.11. The number of likely N-dealkylation sites (tertiary alicyclic amines) is 1. The molecule has 4 rings (SSSR count). The molecule has 1 N–H and O–H groups in total. The highest BCUT2D eigenvalue weighted by atomic mass is 16.3. The van der Waals surface area contributed by atoms with E-state index in [1.165, 1.54) is 0 Å². The molecule has 166 valence electrons.